The van der Waals surface area contributed by atoms with E-state index >= 15 is 0 Å². The maximum atomic E-state index is 4.47. The summed E-state index contributed by atoms with van der Waals surface area (Å²) in [5.74, 6) is 0. The van der Waals surface area contributed by atoms with Gasteiger partial charge in [-0.2, -0.15) is 5.10 Å². The average molecular weight is 284 g/mol. The molecule has 2 heterocycles. The summed E-state index contributed by atoms with van der Waals surface area (Å²) in [6, 6.07) is 8.73. The summed E-state index contributed by atoms with van der Waals surface area (Å²) in [6.45, 7) is 7.38. The van der Waals surface area contributed by atoms with Crippen molar-refractivity contribution in [3.8, 4) is 0 Å². The lowest BCUT2D eigenvalue weighted by atomic mass is 10.1. The van der Waals surface area contributed by atoms with Gasteiger partial charge in [0.2, 0.25) is 0 Å². The van der Waals surface area contributed by atoms with Crippen molar-refractivity contribution in [3.63, 3.8) is 0 Å². The van der Waals surface area contributed by atoms with Crippen LogP contribution in [0.25, 0.3) is 0 Å². The zero-order chi connectivity index (χ0) is 14.8. The van der Waals surface area contributed by atoms with Gasteiger partial charge >= 0.3 is 0 Å². The van der Waals surface area contributed by atoms with Crippen LogP contribution in [0, 0.1) is 13.8 Å². The molecule has 0 radical (unpaired) electrons. The standard InChI is InChI=1S/C17H24N4/c1-13-17(14(2)20(3)19-13)18-12-15-8-4-5-9-16(15)21-10-6-7-11-21/h4-5,8-9,18H,6-7,10-12H2,1-3H3. The first-order chi connectivity index (χ1) is 10.2. The molecule has 0 unspecified atom stereocenters. The molecule has 21 heavy (non-hydrogen) atoms. The first kappa shape index (κ1) is 14.0. The monoisotopic (exact) mass is 284 g/mol. The molecule has 1 N–H and O–H groups in total. The van der Waals surface area contributed by atoms with Crippen LogP contribution in [0.1, 0.15) is 29.8 Å². The molecule has 0 spiro atoms. The Labute approximate surface area is 126 Å². The lowest BCUT2D eigenvalue weighted by molar-refractivity contribution is 0.731. The van der Waals surface area contributed by atoms with Gasteiger partial charge in [0.05, 0.1) is 17.1 Å². The van der Waals surface area contributed by atoms with Crippen LogP contribution in [0.4, 0.5) is 11.4 Å². The van der Waals surface area contributed by atoms with Crippen molar-refractivity contribution in [3.05, 3.63) is 41.2 Å². The van der Waals surface area contributed by atoms with E-state index in [4.69, 9.17) is 0 Å². The number of aryl methyl sites for hydroxylation is 2. The molecule has 1 aliphatic rings. The van der Waals surface area contributed by atoms with Gasteiger partial charge in [0.15, 0.2) is 0 Å². The van der Waals surface area contributed by atoms with Gasteiger partial charge in [0.25, 0.3) is 0 Å². The van der Waals surface area contributed by atoms with E-state index in [2.05, 4.69) is 53.4 Å². The SMILES string of the molecule is Cc1nn(C)c(C)c1NCc1ccccc1N1CCCC1. The van der Waals surface area contributed by atoms with E-state index in [-0.39, 0.29) is 0 Å². The molecule has 112 valence electrons. The van der Waals surface area contributed by atoms with Crippen LogP contribution in [0.15, 0.2) is 24.3 Å². The number of para-hydroxylation sites is 1. The highest BCUT2D eigenvalue weighted by Gasteiger charge is 2.16. The molecule has 1 aromatic heterocycles. The fraction of sp³-hybridized carbons (Fsp3) is 0.471. The minimum atomic E-state index is 0.847. The predicted molar refractivity (Wildman–Crippen MR) is 87.9 cm³/mol. The van der Waals surface area contributed by atoms with Crippen molar-refractivity contribution in [2.45, 2.75) is 33.2 Å². The summed E-state index contributed by atoms with van der Waals surface area (Å²) in [7, 11) is 1.99. The van der Waals surface area contributed by atoms with E-state index in [1.165, 1.54) is 42.9 Å². The maximum Gasteiger partial charge on any atom is 0.0827 e. The van der Waals surface area contributed by atoms with Crippen LogP contribution in [-0.4, -0.2) is 22.9 Å². The molecule has 1 fully saturated rings. The van der Waals surface area contributed by atoms with E-state index in [1.807, 2.05) is 11.7 Å². The van der Waals surface area contributed by atoms with Gasteiger partial charge in [-0.05, 0) is 38.3 Å². The topological polar surface area (TPSA) is 33.1 Å². The summed E-state index contributed by atoms with van der Waals surface area (Å²) in [4.78, 5) is 2.50. The number of anilines is 2. The molecule has 2 aromatic rings. The Bertz CT molecular complexity index is 624. The quantitative estimate of drug-likeness (QED) is 0.935. The number of hydrogen-bond donors (Lipinski definition) is 1. The molecular formula is C17H24N4. The van der Waals surface area contributed by atoms with Gasteiger partial charge in [-0.25, -0.2) is 0 Å². The fourth-order valence-electron chi connectivity index (χ4n) is 3.14. The number of benzene rings is 1. The third-order valence-electron chi connectivity index (χ3n) is 4.40. The van der Waals surface area contributed by atoms with Crippen molar-refractivity contribution in [1.29, 1.82) is 0 Å². The van der Waals surface area contributed by atoms with E-state index in [9.17, 15) is 0 Å². The number of aromatic nitrogens is 2. The first-order valence-electron chi connectivity index (χ1n) is 7.73. The zero-order valence-electron chi connectivity index (χ0n) is 13.2. The van der Waals surface area contributed by atoms with E-state index < -0.39 is 0 Å². The molecule has 0 aliphatic carbocycles. The first-order valence-corrected chi connectivity index (χ1v) is 7.73. The second kappa shape index (κ2) is 5.80. The molecule has 0 amide bonds. The van der Waals surface area contributed by atoms with Crippen LogP contribution in [-0.2, 0) is 13.6 Å². The zero-order valence-corrected chi connectivity index (χ0v) is 13.2. The Morgan fingerprint density at radius 1 is 1.14 bits per heavy atom. The van der Waals surface area contributed by atoms with Gasteiger partial charge in [-0.3, -0.25) is 4.68 Å². The Morgan fingerprint density at radius 3 is 2.52 bits per heavy atom. The van der Waals surface area contributed by atoms with E-state index in [0.717, 1.165) is 17.9 Å². The second-order valence-corrected chi connectivity index (χ2v) is 5.85. The predicted octanol–water partition coefficient (Wildman–Crippen LogP) is 3.25. The number of nitrogens with zero attached hydrogens (tertiary/aromatic N) is 3. The van der Waals surface area contributed by atoms with E-state index in [0.29, 0.717) is 0 Å². The minimum Gasteiger partial charge on any atom is -0.378 e. The number of rotatable bonds is 4. The molecule has 1 aliphatic heterocycles. The van der Waals surface area contributed by atoms with Crippen LogP contribution >= 0.6 is 0 Å². The number of nitrogens with one attached hydrogen (secondary N) is 1. The van der Waals surface area contributed by atoms with Gasteiger partial charge < -0.3 is 10.2 Å². The Kier molecular flexibility index (Phi) is 3.86. The second-order valence-electron chi connectivity index (χ2n) is 5.85. The summed E-state index contributed by atoms with van der Waals surface area (Å²) < 4.78 is 1.93. The molecule has 3 rings (SSSR count). The summed E-state index contributed by atoms with van der Waals surface area (Å²) >= 11 is 0. The Balaban J connectivity index is 1.79. The third kappa shape index (κ3) is 2.75. The highest BCUT2D eigenvalue weighted by molar-refractivity contribution is 5.58. The molecular weight excluding hydrogens is 260 g/mol. The average Bonchev–Trinajstić information content (AvgIpc) is 3.08. The summed E-state index contributed by atoms with van der Waals surface area (Å²) in [5, 5.41) is 8.04. The lowest BCUT2D eigenvalue weighted by Crippen LogP contribution is -2.20. The molecule has 4 heteroatoms. The highest BCUT2D eigenvalue weighted by atomic mass is 15.3. The van der Waals surface area contributed by atoms with Crippen molar-refractivity contribution < 1.29 is 0 Å². The van der Waals surface area contributed by atoms with Crippen LogP contribution < -0.4 is 10.2 Å². The largest absolute Gasteiger partial charge is 0.378 e. The van der Waals surface area contributed by atoms with Gasteiger partial charge in [-0.1, -0.05) is 18.2 Å². The van der Waals surface area contributed by atoms with E-state index in [1.54, 1.807) is 0 Å². The molecule has 0 saturated carbocycles. The number of hydrogen-bond acceptors (Lipinski definition) is 3. The van der Waals surface area contributed by atoms with Gasteiger partial charge in [0, 0.05) is 32.4 Å². The smallest absolute Gasteiger partial charge is 0.0827 e. The molecule has 0 bridgehead atoms. The normalized spacial score (nSPS) is 14.7. The fourth-order valence-corrected chi connectivity index (χ4v) is 3.14. The highest BCUT2D eigenvalue weighted by Crippen LogP contribution is 2.26. The Morgan fingerprint density at radius 2 is 1.86 bits per heavy atom. The van der Waals surface area contributed by atoms with Crippen LogP contribution in [0.3, 0.4) is 0 Å². The summed E-state index contributed by atoms with van der Waals surface area (Å²) in [6.07, 6.45) is 2.62. The molecule has 1 saturated heterocycles. The van der Waals surface area contributed by atoms with Crippen LogP contribution in [0.2, 0.25) is 0 Å². The minimum absolute atomic E-state index is 0.847. The molecule has 1 aromatic carbocycles. The van der Waals surface area contributed by atoms with Crippen molar-refractivity contribution in [2.75, 3.05) is 23.3 Å². The van der Waals surface area contributed by atoms with Crippen molar-refractivity contribution in [2.24, 2.45) is 7.05 Å². The van der Waals surface area contributed by atoms with Gasteiger partial charge in [0.1, 0.15) is 0 Å². The molecule has 0 atom stereocenters. The van der Waals surface area contributed by atoms with Gasteiger partial charge in [-0.15, -0.1) is 0 Å². The Hall–Kier alpha value is -1.97. The molecule has 4 nitrogen and oxygen atoms in total. The van der Waals surface area contributed by atoms with Crippen LogP contribution in [0.5, 0.6) is 0 Å². The summed E-state index contributed by atoms with van der Waals surface area (Å²) in [5.41, 5.74) is 6.15. The lowest BCUT2D eigenvalue weighted by Gasteiger charge is -2.21. The van der Waals surface area contributed by atoms with Crippen molar-refractivity contribution in [1.82, 2.24) is 9.78 Å². The maximum absolute atomic E-state index is 4.47. The van der Waals surface area contributed by atoms with Crippen molar-refractivity contribution >= 4 is 11.4 Å². The third-order valence-corrected chi connectivity index (χ3v) is 4.40.